The number of nitrogens with zero attached hydrogens (tertiary/aromatic N) is 3. The van der Waals surface area contributed by atoms with Crippen LogP contribution in [0.4, 0.5) is 5.69 Å². The van der Waals surface area contributed by atoms with Crippen LogP contribution in [0.15, 0.2) is 42.5 Å². The summed E-state index contributed by atoms with van der Waals surface area (Å²) in [6, 6.07) is 15.9. The molecular formula is C40H55N3O3. The zero-order valence-electron chi connectivity index (χ0n) is 29.9. The van der Waals surface area contributed by atoms with E-state index in [2.05, 4.69) is 93.8 Å². The number of ether oxygens (including phenoxy) is 1. The molecule has 1 aromatic heterocycles. The Hall–Kier alpha value is -3.22. The van der Waals surface area contributed by atoms with Crippen molar-refractivity contribution in [1.29, 1.82) is 0 Å². The van der Waals surface area contributed by atoms with E-state index in [4.69, 9.17) is 9.72 Å². The number of carboxylic acid groups (broad SMARTS) is 1. The van der Waals surface area contributed by atoms with Crippen LogP contribution in [0.5, 0.6) is 0 Å². The van der Waals surface area contributed by atoms with Crippen molar-refractivity contribution in [1.82, 2.24) is 9.88 Å². The topological polar surface area (TPSA) is 65.9 Å². The van der Waals surface area contributed by atoms with Crippen molar-refractivity contribution >= 4 is 11.7 Å². The molecule has 2 aliphatic rings. The summed E-state index contributed by atoms with van der Waals surface area (Å²) in [7, 11) is 0. The highest BCUT2D eigenvalue weighted by Gasteiger charge is 2.36. The van der Waals surface area contributed by atoms with Gasteiger partial charge in [-0.1, -0.05) is 77.1 Å². The molecule has 1 atom stereocenters. The number of fused-ring (bicyclic) bond motifs is 1. The van der Waals surface area contributed by atoms with E-state index in [0.29, 0.717) is 5.56 Å². The number of pyridine rings is 1. The van der Waals surface area contributed by atoms with Gasteiger partial charge in [-0.2, -0.15) is 0 Å². The van der Waals surface area contributed by atoms with Gasteiger partial charge in [0.15, 0.2) is 6.10 Å². The maximum absolute atomic E-state index is 12.8. The van der Waals surface area contributed by atoms with Crippen LogP contribution in [0.1, 0.15) is 114 Å². The zero-order valence-corrected chi connectivity index (χ0v) is 29.9. The summed E-state index contributed by atoms with van der Waals surface area (Å²) in [6.45, 7) is 25.8. The Morgan fingerprint density at radius 3 is 2.28 bits per heavy atom. The summed E-state index contributed by atoms with van der Waals surface area (Å²) in [5, 5.41) is 10.5. The highest BCUT2D eigenvalue weighted by molar-refractivity contribution is 5.88. The standard InChI is InChI=1S/C40H55N3O3/c1-26-33(30-14-15-31-25-42(19-16-29(31)23-30)24-28-12-11-13-32(22-28)38(3,4)5)35(43-20-17-40(9,10)18-21-43)34(27(2)41-26)36(37(44)45)46-39(6,7)8/h11-15,22-23,36H,16-21,24-25H2,1-10H3,(H,44,45). The first-order chi connectivity index (χ1) is 21.4. The van der Waals surface area contributed by atoms with Gasteiger partial charge in [0.05, 0.1) is 11.3 Å². The number of hydrogen-bond acceptors (Lipinski definition) is 5. The van der Waals surface area contributed by atoms with Gasteiger partial charge in [-0.15, -0.1) is 0 Å². The number of anilines is 1. The summed E-state index contributed by atoms with van der Waals surface area (Å²) < 4.78 is 6.27. The van der Waals surface area contributed by atoms with Gasteiger partial charge in [-0.05, 0) is 92.5 Å². The first-order valence-electron chi connectivity index (χ1n) is 17.0. The van der Waals surface area contributed by atoms with Crippen LogP contribution in [0.3, 0.4) is 0 Å². The number of aryl methyl sites for hydroxylation is 2. The fraction of sp³-hybridized carbons (Fsp3) is 0.550. The highest BCUT2D eigenvalue weighted by Crippen LogP contribution is 2.45. The molecule has 0 radical (unpaired) electrons. The quantitative estimate of drug-likeness (QED) is 0.283. The molecule has 0 saturated carbocycles. The number of piperidine rings is 1. The molecule has 0 amide bonds. The van der Waals surface area contributed by atoms with Crippen molar-refractivity contribution in [2.24, 2.45) is 5.41 Å². The SMILES string of the molecule is Cc1nc(C)c(C(OC(C)(C)C)C(=O)O)c(N2CCC(C)(C)CC2)c1-c1ccc2c(c1)CCN(Cc1cccc(C(C)(C)C)c1)C2. The van der Waals surface area contributed by atoms with Gasteiger partial charge in [0, 0.05) is 55.2 Å². The van der Waals surface area contributed by atoms with Gasteiger partial charge in [0.2, 0.25) is 0 Å². The van der Waals surface area contributed by atoms with Gasteiger partial charge in [-0.3, -0.25) is 9.88 Å². The van der Waals surface area contributed by atoms with Crippen LogP contribution >= 0.6 is 0 Å². The fourth-order valence-corrected chi connectivity index (χ4v) is 7.05. The molecule has 6 nitrogen and oxygen atoms in total. The van der Waals surface area contributed by atoms with Gasteiger partial charge in [0.1, 0.15) is 0 Å². The Labute approximate surface area is 277 Å². The fourth-order valence-electron chi connectivity index (χ4n) is 7.05. The maximum Gasteiger partial charge on any atom is 0.337 e. The van der Waals surface area contributed by atoms with E-state index in [0.717, 1.165) is 80.2 Å². The summed E-state index contributed by atoms with van der Waals surface area (Å²) in [5.74, 6) is -0.980. The minimum atomic E-state index is -1.11. The van der Waals surface area contributed by atoms with Crippen molar-refractivity contribution in [3.8, 4) is 11.1 Å². The first-order valence-corrected chi connectivity index (χ1v) is 17.0. The zero-order chi connectivity index (χ0) is 33.6. The van der Waals surface area contributed by atoms with Gasteiger partial charge in [-0.25, -0.2) is 4.79 Å². The minimum absolute atomic E-state index is 0.135. The maximum atomic E-state index is 12.8. The number of aromatic nitrogens is 1. The lowest BCUT2D eigenvalue weighted by Crippen LogP contribution is -2.39. The van der Waals surface area contributed by atoms with Crippen LogP contribution in [0.25, 0.3) is 11.1 Å². The van der Waals surface area contributed by atoms with E-state index in [1.54, 1.807) is 0 Å². The monoisotopic (exact) mass is 625 g/mol. The van der Waals surface area contributed by atoms with E-state index >= 15 is 0 Å². The van der Waals surface area contributed by atoms with Crippen LogP contribution in [0.2, 0.25) is 0 Å². The lowest BCUT2D eigenvalue weighted by atomic mass is 9.81. The van der Waals surface area contributed by atoms with Crippen molar-refractivity contribution in [3.63, 3.8) is 0 Å². The van der Waals surface area contributed by atoms with Crippen molar-refractivity contribution in [2.45, 2.75) is 119 Å². The Morgan fingerprint density at radius 2 is 1.65 bits per heavy atom. The molecule has 1 fully saturated rings. The molecule has 0 aliphatic carbocycles. The molecule has 0 bridgehead atoms. The molecule has 5 rings (SSSR count). The molecule has 0 spiro atoms. The third-order valence-electron chi connectivity index (χ3n) is 9.76. The van der Waals surface area contributed by atoms with Crippen molar-refractivity contribution < 1.29 is 14.6 Å². The molecule has 2 aliphatic heterocycles. The second-order valence-electron chi connectivity index (χ2n) is 16.4. The van der Waals surface area contributed by atoms with Crippen LogP contribution < -0.4 is 4.90 Å². The number of aliphatic carboxylic acids is 1. The van der Waals surface area contributed by atoms with E-state index < -0.39 is 17.7 Å². The molecule has 1 saturated heterocycles. The summed E-state index contributed by atoms with van der Waals surface area (Å²) in [5.41, 5.74) is 10.7. The number of carboxylic acids is 1. The summed E-state index contributed by atoms with van der Waals surface area (Å²) >= 11 is 0. The Bertz CT molecular complexity index is 1580. The van der Waals surface area contributed by atoms with Crippen molar-refractivity contribution in [3.05, 3.63) is 81.7 Å². The third kappa shape index (κ3) is 7.66. The lowest BCUT2D eigenvalue weighted by molar-refractivity contribution is -0.160. The third-order valence-corrected chi connectivity index (χ3v) is 9.76. The van der Waals surface area contributed by atoms with E-state index in [1.165, 1.54) is 22.3 Å². The number of carbonyl (C=O) groups is 1. The van der Waals surface area contributed by atoms with Gasteiger partial charge in [0.25, 0.3) is 0 Å². The molecule has 6 heteroatoms. The van der Waals surface area contributed by atoms with E-state index in [9.17, 15) is 9.90 Å². The van der Waals surface area contributed by atoms with Crippen molar-refractivity contribution in [2.75, 3.05) is 24.5 Å². The van der Waals surface area contributed by atoms with E-state index in [1.807, 2.05) is 27.7 Å². The normalized spacial score (nSPS) is 17.9. The molecular weight excluding hydrogens is 570 g/mol. The molecule has 2 aromatic carbocycles. The van der Waals surface area contributed by atoms with E-state index in [-0.39, 0.29) is 10.8 Å². The molecule has 3 heterocycles. The Balaban J connectivity index is 1.53. The van der Waals surface area contributed by atoms with Crippen LogP contribution in [-0.2, 0) is 34.5 Å². The molecule has 248 valence electrons. The molecule has 46 heavy (non-hydrogen) atoms. The van der Waals surface area contributed by atoms with Crippen LogP contribution in [0, 0.1) is 19.3 Å². The molecule has 1 N–H and O–H groups in total. The van der Waals surface area contributed by atoms with Crippen LogP contribution in [-0.4, -0.2) is 46.2 Å². The predicted octanol–water partition coefficient (Wildman–Crippen LogP) is 8.79. The smallest absolute Gasteiger partial charge is 0.337 e. The van der Waals surface area contributed by atoms with Gasteiger partial charge >= 0.3 is 5.97 Å². The summed E-state index contributed by atoms with van der Waals surface area (Å²) in [4.78, 5) is 22.8. The predicted molar refractivity (Wildman–Crippen MR) is 189 cm³/mol. The average molecular weight is 626 g/mol. The van der Waals surface area contributed by atoms with Gasteiger partial charge < -0.3 is 14.7 Å². The Morgan fingerprint density at radius 1 is 0.957 bits per heavy atom. The average Bonchev–Trinajstić information content (AvgIpc) is 2.95. The number of rotatable bonds is 7. The second kappa shape index (κ2) is 12.8. The molecule has 3 aromatic rings. The Kier molecular flexibility index (Phi) is 9.47. The summed E-state index contributed by atoms with van der Waals surface area (Å²) in [6.07, 6.45) is 1.96. The first kappa shape index (κ1) is 34.1. The lowest BCUT2D eigenvalue weighted by Gasteiger charge is -2.41. The highest BCUT2D eigenvalue weighted by atomic mass is 16.5. The number of benzene rings is 2. The second-order valence-corrected chi connectivity index (χ2v) is 16.4. The number of hydrogen-bond donors (Lipinski definition) is 1. The minimum Gasteiger partial charge on any atom is -0.479 e. The largest absolute Gasteiger partial charge is 0.479 e. The molecule has 1 unspecified atom stereocenters.